The van der Waals surface area contributed by atoms with E-state index in [1.165, 1.54) is 12.5 Å². The molecule has 0 aliphatic heterocycles. The molecule has 1 atom stereocenters. The normalized spacial score (nSPS) is 11.9. The Morgan fingerprint density at radius 1 is 1.11 bits per heavy atom. The van der Waals surface area contributed by atoms with E-state index in [1.807, 2.05) is 61.5 Å². The van der Waals surface area contributed by atoms with Crippen molar-refractivity contribution in [1.82, 2.24) is 25.2 Å². The highest BCUT2D eigenvalue weighted by Gasteiger charge is 2.19. The number of nitrogens with one attached hydrogen (secondary N) is 1. The van der Waals surface area contributed by atoms with Crippen LogP contribution in [0.5, 0.6) is 0 Å². The number of carbonyl (C=O) groups is 1. The first-order chi connectivity index (χ1) is 13.2. The first-order valence-electron chi connectivity index (χ1n) is 8.48. The smallest absolute Gasteiger partial charge is 0.257 e. The quantitative estimate of drug-likeness (QED) is 0.590. The van der Waals surface area contributed by atoms with Gasteiger partial charge in [0.25, 0.3) is 5.91 Å². The number of nitrogens with zero attached hydrogens (tertiary/aromatic N) is 4. The molecule has 0 fully saturated rings. The third-order valence-electron chi connectivity index (χ3n) is 4.28. The predicted molar refractivity (Wildman–Crippen MR) is 99.2 cm³/mol. The zero-order valence-electron chi connectivity index (χ0n) is 14.6. The minimum Gasteiger partial charge on any atom is -0.355 e. The van der Waals surface area contributed by atoms with Crippen molar-refractivity contribution in [2.24, 2.45) is 0 Å². The number of benzene rings is 2. The van der Waals surface area contributed by atoms with Gasteiger partial charge in [0.15, 0.2) is 5.76 Å². The van der Waals surface area contributed by atoms with Gasteiger partial charge in [-0.05, 0) is 24.6 Å². The SMILES string of the molecule is CC(NC(=O)c1cnoc1-c1ccccc1)c1ccc(-n2cncn2)cc1. The lowest BCUT2D eigenvalue weighted by molar-refractivity contribution is 0.0940. The molecule has 7 nitrogen and oxygen atoms in total. The minimum absolute atomic E-state index is 0.180. The fourth-order valence-corrected chi connectivity index (χ4v) is 2.81. The molecule has 1 unspecified atom stereocenters. The van der Waals surface area contributed by atoms with Crippen molar-refractivity contribution >= 4 is 5.91 Å². The minimum atomic E-state index is -0.233. The number of rotatable bonds is 5. The molecule has 2 aromatic heterocycles. The summed E-state index contributed by atoms with van der Waals surface area (Å²) in [5.41, 5.74) is 3.10. The van der Waals surface area contributed by atoms with Crippen LogP contribution < -0.4 is 5.32 Å². The zero-order chi connectivity index (χ0) is 18.6. The molecule has 4 rings (SSSR count). The van der Waals surface area contributed by atoms with Crippen LogP contribution in [0.4, 0.5) is 0 Å². The van der Waals surface area contributed by atoms with E-state index in [0.717, 1.165) is 16.8 Å². The maximum Gasteiger partial charge on any atom is 0.257 e. The monoisotopic (exact) mass is 359 g/mol. The second-order valence-corrected chi connectivity index (χ2v) is 6.06. The average Bonchev–Trinajstić information content (AvgIpc) is 3.41. The summed E-state index contributed by atoms with van der Waals surface area (Å²) in [6, 6.07) is 17.0. The highest BCUT2D eigenvalue weighted by molar-refractivity contribution is 5.99. The van der Waals surface area contributed by atoms with Crippen molar-refractivity contribution < 1.29 is 9.32 Å². The number of aromatic nitrogens is 4. The molecule has 4 aromatic rings. The molecule has 1 amide bonds. The molecule has 0 saturated carbocycles. The predicted octanol–water partition coefficient (Wildman–Crippen LogP) is 3.41. The Morgan fingerprint density at radius 2 is 1.89 bits per heavy atom. The van der Waals surface area contributed by atoms with E-state index in [0.29, 0.717) is 11.3 Å². The van der Waals surface area contributed by atoms with E-state index in [9.17, 15) is 4.79 Å². The van der Waals surface area contributed by atoms with Gasteiger partial charge in [0.05, 0.1) is 17.9 Å². The molecular weight excluding hydrogens is 342 g/mol. The van der Waals surface area contributed by atoms with Crippen molar-refractivity contribution in [3.63, 3.8) is 0 Å². The van der Waals surface area contributed by atoms with Gasteiger partial charge in [-0.25, -0.2) is 9.67 Å². The van der Waals surface area contributed by atoms with Crippen LogP contribution in [0.25, 0.3) is 17.0 Å². The third-order valence-corrected chi connectivity index (χ3v) is 4.28. The molecule has 27 heavy (non-hydrogen) atoms. The molecule has 0 bridgehead atoms. The summed E-state index contributed by atoms with van der Waals surface area (Å²) >= 11 is 0. The van der Waals surface area contributed by atoms with Crippen molar-refractivity contribution in [2.75, 3.05) is 0 Å². The molecule has 7 heteroatoms. The van der Waals surface area contributed by atoms with Gasteiger partial charge in [-0.3, -0.25) is 4.79 Å². The molecule has 0 saturated heterocycles. The lowest BCUT2D eigenvalue weighted by Crippen LogP contribution is -2.26. The van der Waals surface area contributed by atoms with E-state index in [2.05, 4.69) is 20.6 Å². The molecule has 0 aliphatic carbocycles. The Labute approximate surface area is 155 Å². The van der Waals surface area contributed by atoms with Crippen LogP contribution in [-0.2, 0) is 0 Å². The lowest BCUT2D eigenvalue weighted by atomic mass is 10.1. The molecule has 0 spiro atoms. The molecular formula is C20H17N5O2. The Balaban J connectivity index is 1.50. The van der Waals surface area contributed by atoms with Crippen LogP contribution >= 0.6 is 0 Å². The van der Waals surface area contributed by atoms with Gasteiger partial charge < -0.3 is 9.84 Å². The Kier molecular flexibility index (Phi) is 4.49. The van der Waals surface area contributed by atoms with Gasteiger partial charge in [0.1, 0.15) is 18.2 Å². The van der Waals surface area contributed by atoms with E-state index in [4.69, 9.17) is 4.52 Å². The van der Waals surface area contributed by atoms with Crippen LogP contribution in [0.15, 0.2) is 78.0 Å². The van der Waals surface area contributed by atoms with Crippen LogP contribution in [0, 0.1) is 0 Å². The first-order valence-corrected chi connectivity index (χ1v) is 8.48. The molecule has 0 radical (unpaired) electrons. The van der Waals surface area contributed by atoms with Crippen LogP contribution in [0.1, 0.15) is 28.9 Å². The second-order valence-electron chi connectivity index (χ2n) is 6.06. The van der Waals surface area contributed by atoms with Crippen molar-refractivity contribution in [2.45, 2.75) is 13.0 Å². The van der Waals surface area contributed by atoms with Crippen molar-refractivity contribution in [3.05, 3.63) is 84.6 Å². The second kappa shape index (κ2) is 7.25. The van der Waals surface area contributed by atoms with Gasteiger partial charge in [0, 0.05) is 5.56 Å². The number of carbonyl (C=O) groups excluding carboxylic acids is 1. The van der Waals surface area contributed by atoms with Gasteiger partial charge >= 0.3 is 0 Å². The van der Waals surface area contributed by atoms with Crippen molar-refractivity contribution in [3.8, 4) is 17.0 Å². The molecule has 2 heterocycles. The standard InChI is InChI=1S/C20H17N5O2/c1-14(15-7-9-17(10-8-15)25-13-21-12-22-25)24-20(26)18-11-23-27-19(18)16-5-3-2-4-6-16/h2-14H,1H3,(H,24,26). The van der Waals surface area contributed by atoms with Gasteiger partial charge in [-0.1, -0.05) is 47.6 Å². The maximum atomic E-state index is 12.7. The summed E-state index contributed by atoms with van der Waals surface area (Å²) in [6.07, 6.45) is 4.56. The highest BCUT2D eigenvalue weighted by Crippen LogP contribution is 2.24. The fourth-order valence-electron chi connectivity index (χ4n) is 2.81. The van der Waals surface area contributed by atoms with E-state index < -0.39 is 0 Å². The summed E-state index contributed by atoms with van der Waals surface area (Å²) < 4.78 is 6.97. The highest BCUT2D eigenvalue weighted by atomic mass is 16.5. The molecule has 0 aliphatic rings. The topological polar surface area (TPSA) is 85.8 Å². The summed E-state index contributed by atoms with van der Waals surface area (Å²) in [4.78, 5) is 16.6. The zero-order valence-corrected chi connectivity index (χ0v) is 14.6. The average molecular weight is 359 g/mol. The molecule has 134 valence electrons. The molecule has 2 aromatic carbocycles. The van der Waals surface area contributed by atoms with Crippen LogP contribution in [-0.4, -0.2) is 25.8 Å². The van der Waals surface area contributed by atoms with Gasteiger partial charge in [0.2, 0.25) is 0 Å². The van der Waals surface area contributed by atoms with Crippen LogP contribution in [0.2, 0.25) is 0 Å². The Hall–Kier alpha value is -3.74. The lowest BCUT2D eigenvalue weighted by Gasteiger charge is -2.14. The van der Waals surface area contributed by atoms with E-state index in [1.54, 1.807) is 11.0 Å². The van der Waals surface area contributed by atoms with Crippen LogP contribution in [0.3, 0.4) is 0 Å². The summed E-state index contributed by atoms with van der Waals surface area (Å²) in [7, 11) is 0. The summed E-state index contributed by atoms with van der Waals surface area (Å²) in [6.45, 7) is 1.93. The summed E-state index contributed by atoms with van der Waals surface area (Å²) in [5, 5.41) is 10.9. The largest absolute Gasteiger partial charge is 0.355 e. The Morgan fingerprint density at radius 3 is 2.59 bits per heavy atom. The number of amides is 1. The number of hydrogen-bond donors (Lipinski definition) is 1. The third kappa shape index (κ3) is 3.48. The number of hydrogen-bond acceptors (Lipinski definition) is 5. The maximum absolute atomic E-state index is 12.7. The van der Waals surface area contributed by atoms with E-state index in [-0.39, 0.29) is 11.9 Å². The van der Waals surface area contributed by atoms with Gasteiger partial charge in [-0.2, -0.15) is 5.10 Å². The molecule has 1 N–H and O–H groups in total. The first kappa shape index (κ1) is 16.7. The van der Waals surface area contributed by atoms with Crippen molar-refractivity contribution in [1.29, 1.82) is 0 Å². The fraction of sp³-hybridized carbons (Fsp3) is 0.100. The summed E-state index contributed by atoms with van der Waals surface area (Å²) in [5.74, 6) is 0.227. The van der Waals surface area contributed by atoms with E-state index >= 15 is 0 Å². The Bertz CT molecular complexity index is 1020. The van der Waals surface area contributed by atoms with Gasteiger partial charge in [-0.15, -0.1) is 0 Å².